The minimum atomic E-state index is -1.06. The van der Waals surface area contributed by atoms with Gasteiger partial charge < -0.3 is 20.1 Å². The molecule has 0 spiro atoms. The molecule has 2 rings (SSSR count). The second kappa shape index (κ2) is 13.4. The van der Waals surface area contributed by atoms with Crippen LogP contribution in [0.3, 0.4) is 0 Å². The molecule has 28 heavy (non-hydrogen) atoms. The molecule has 0 aliphatic rings. The molecule has 0 radical (unpaired) electrons. The fourth-order valence-corrected chi connectivity index (χ4v) is 3.35. The van der Waals surface area contributed by atoms with Crippen LogP contribution in [-0.4, -0.2) is 42.7 Å². The van der Waals surface area contributed by atoms with Crippen LogP contribution in [0.15, 0.2) is 58.4 Å². The summed E-state index contributed by atoms with van der Waals surface area (Å²) < 4.78 is 23.2. The number of benzene rings is 2. The molecule has 1 atom stereocenters. The van der Waals surface area contributed by atoms with Crippen LogP contribution in [0, 0.1) is 0 Å². The van der Waals surface area contributed by atoms with E-state index < -0.39 is 10.8 Å². The van der Waals surface area contributed by atoms with E-state index in [9.17, 15) is 4.21 Å². The van der Waals surface area contributed by atoms with Crippen LogP contribution in [0.1, 0.15) is 13.8 Å². The van der Waals surface area contributed by atoms with Crippen molar-refractivity contribution in [1.29, 1.82) is 0 Å². The van der Waals surface area contributed by atoms with E-state index in [2.05, 4.69) is 15.6 Å². The van der Waals surface area contributed by atoms with Crippen molar-refractivity contribution in [3.8, 4) is 11.5 Å². The number of nitrogens with one attached hydrogen (secondary N) is 2. The van der Waals surface area contributed by atoms with Gasteiger partial charge in [-0.25, -0.2) is 0 Å². The zero-order valence-electron chi connectivity index (χ0n) is 16.4. The highest BCUT2D eigenvalue weighted by Gasteiger charge is 2.07. The molecule has 8 heteroatoms. The number of rotatable bonds is 9. The summed E-state index contributed by atoms with van der Waals surface area (Å²) in [6, 6.07) is 15.1. The quantitative estimate of drug-likeness (QED) is 0.300. The summed E-state index contributed by atoms with van der Waals surface area (Å²) >= 11 is 0. The number of anilines is 1. The van der Waals surface area contributed by atoms with Gasteiger partial charge in [0.2, 0.25) is 0 Å². The highest BCUT2D eigenvalue weighted by molar-refractivity contribution is 14.0. The Kier molecular flexibility index (Phi) is 11.6. The zero-order chi connectivity index (χ0) is 19.5. The molecule has 0 fully saturated rings. The molecule has 0 bridgehead atoms. The third kappa shape index (κ3) is 7.67. The van der Waals surface area contributed by atoms with Gasteiger partial charge in [-0.3, -0.25) is 9.20 Å². The highest BCUT2D eigenvalue weighted by Crippen LogP contribution is 2.30. The number of hydrogen-bond donors (Lipinski definition) is 2. The minimum absolute atomic E-state index is 0. The zero-order valence-corrected chi connectivity index (χ0v) is 19.6. The minimum Gasteiger partial charge on any atom is -0.493 e. The second-order valence-corrected chi connectivity index (χ2v) is 7.12. The van der Waals surface area contributed by atoms with Gasteiger partial charge in [0.15, 0.2) is 17.5 Å². The van der Waals surface area contributed by atoms with Crippen molar-refractivity contribution in [2.45, 2.75) is 18.7 Å². The molecule has 6 nitrogen and oxygen atoms in total. The summed E-state index contributed by atoms with van der Waals surface area (Å²) in [7, 11) is 0.554. The average molecular weight is 517 g/mol. The second-order valence-electron chi connectivity index (χ2n) is 5.55. The molecule has 0 saturated carbocycles. The summed E-state index contributed by atoms with van der Waals surface area (Å²) in [5.41, 5.74) is 0.836. The Morgan fingerprint density at radius 2 is 1.86 bits per heavy atom. The van der Waals surface area contributed by atoms with E-state index >= 15 is 0 Å². The van der Waals surface area contributed by atoms with Crippen molar-refractivity contribution in [1.82, 2.24) is 5.32 Å². The predicted molar refractivity (Wildman–Crippen MR) is 127 cm³/mol. The summed E-state index contributed by atoms with van der Waals surface area (Å²) in [5, 5.41) is 6.44. The highest BCUT2D eigenvalue weighted by atomic mass is 127. The third-order valence-corrected chi connectivity index (χ3v) is 4.97. The Balaban J connectivity index is 0.00000392. The summed E-state index contributed by atoms with van der Waals surface area (Å²) in [4.78, 5) is 5.34. The number of nitrogens with zero attached hydrogens (tertiary/aromatic N) is 1. The van der Waals surface area contributed by atoms with Crippen LogP contribution in [0.2, 0.25) is 0 Å². The van der Waals surface area contributed by atoms with E-state index in [1.54, 1.807) is 7.11 Å². The first-order valence-electron chi connectivity index (χ1n) is 8.97. The third-order valence-electron chi connectivity index (χ3n) is 3.62. The Morgan fingerprint density at radius 1 is 1.11 bits per heavy atom. The molecular formula is C20H28IN3O3S. The van der Waals surface area contributed by atoms with Crippen LogP contribution in [0.5, 0.6) is 11.5 Å². The van der Waals surface area contributed by atoms with Crippen molar-refractivity contribution in [2.75, 3.05) is 37.9 Å². The van der Waals surface area contributed by atoms with E-state index in [0.29, 0.717) is 36.4 Å². The summed E-state index contributed by atoms with van der Waals surface area (Å²) in [6.07, 6.45) is 0. The normalized spacial score (nSPS) is 11.9. The first-order chi connectivity index (χ1) is 13.2. The molecule has 2 aromatic rings. The molecule has 0 aliphatic carbocycles. The van der Waals surface area contributed by atoms with Gasteiger partial charge in [-0.2, -0.15) is 0 Å². The van der Waals surface area contributed by atoms with Crippen molar-refractivity contribution >= 4 is 46.4 Å². The molecule has 0 aliphatic heterocycles. The van der Waals surface area contributed by atoms with Gasteiger partial charge in [0.1, 0.15) is 0 Å². The van der Waals surface area contributed by atoms with Gasteiger partial charge in [-0.15, -0.1) is 24.0 Å². The Bertz CT molecular complexity index is 773. The predicted octanol–water partition coefficient (Wildman–Crippen LogP) is 3.90. The fourth-order valence-electron chi connectivity index (χ4n) is 2.40. The van der Waals surface area contributed by atoms with Crippen molar-refractivity contribution in [3.05, 3.63) is 48.5 Å². The lowest BCUT2D eigenvalue weighted by atomic mass is 10.2. The maximum absolute atomic E-state index is 12.3. The van der Waals surface area contributed by atoms with E-state index in [4.69, 9.17) is 9.47 Å². The first kappa shape index (κ1) is 24.2. The number of aliphatic imine (C=N–C) groups is 1. The number of hydrogen-bond acceptors (Lipinski definition) is 4. The lowest BCUT2D eigenvalue weighted by molar-refractivity contribution is 0.311. The number of halogens is 1. The molecule has 0 saturated heterocycles. The van der Waals surface area contributed by atoms with Gasteiger partial charge in [-0.05, 0) is 38.1 Å². The van der Waals surface area contributed by atoms with E-state index in [1.807, 2.05) is 62.4 Å². The smallest absolute Gasteiger partial charge is 0.195 e. The topological polar surface area (TPSA) is 72.0 Å². The van der Waals surface area contributed by atoms with E-state index in [1.165, 1.54) is 0 Å². The van der Waals surface area contributed by atoms with E-state index in [-0.39, 0.29) is 24.0 Å². The largest absolute Gasteiger partial charge is 0.493 e. The maximum Gasteiger partial charge on any atom is 0.195 e. The van der Waals surface area contributed by atoms with Gasteiger partial charge in [0.05, 0.1) is 31.1 Å². The molecule has 0 heterocycles. The van der Waals surface area contributed by atoms with Gasteiger partial charge in [-0.1, -0.05) is 18.2 Å². The van der Waals surface area contributed by atoms with Crippen LogP contribution in [-0.2, 0) is 10.8 Å². The van der Waals surface area contributed by atoms with Crippen molar-refractivity contribution in [3.63, 3.8) is 0 Å². The lowest BCUT2D eigenvalue weighted by Crippen LogP contribution is -2.31. The standard InChI is InChI=1S/C20H27N3O3S.HI/c1-4-21-20(22-13-14-27(24)17-9-7-6-8-10-17)23-16-11-12-18(25-3)19(15-16)26-5-2;/h6-12,15H,4-5,13-14H2,1-3H3,(H2,21,22,23);1H. The van der Waals surface area contributed by atoms with Gasteiger partial charge in [0.25, 0.3) is 0 Å². The first-order valence-corrected chi connectivity index (χ1v) is 10.3. The van der Waals surface area contributed by atoms with Crippen molar-refractivity contribution < 1.29 is 13.7 Å². The molecule has 1 unspecified atom stereocenters. The van der Waals surface area contributed by atoms with E-state index in [0.717, 1.165) is 17.1 Å². The van der Waals surface area contributed by atoms with Crippen LogP contribution >= 0.6 is 24.0 Å². The monoisotopic (exact) mass is 517 g/mol. The van der Waals surface area contributed by atoms with Crippen LogP contribution in [0.4, 0.5) is 5.69 Å². The number of ether oxygens (including phenoxy) is 2. The van der Waals surface area contributed by atoms with Crippen LogP contribution in [0.25, 0.3) is 0 Å². The molecule has 0 amide bonds. The molecule has 154 valence electrons. The number of guanidine groups is 1. The summed E-state index contributed by atoms with van der Waals surface area (Å²) in [6.45, 7) is 5.66. The molecule has 2 N–H and O–H groups in total. The van der Waals surface area contributed by atoms with Crippen LogP contribution < -0.4 is 20.1 Å². The Morgan fingerprint density at radius 3 is 2.50 bits per heavy atom. The van der Waals surface area contributed by atoms with Gasteiger partial charge >= 0.3 is 0 Å². The average Bonchev–Trinajstić information content (AvgIpc) is 2.69. The van der Waals surface area contributed by atoms with Crippen molar-refractivity contribution in [2.24, 2.45) is 4.99 Å². The molecular weight excluding hydrogens is 489 g/mol. The fraction of sp³-hybridized carbons (Fsp3) is 0.350. The molecule has 0 aromatic heterocycles. The SMILES string of the molecule is CCNC(=NCCS(=O)c1ccccc1)Nc1ccc(OC)c(OCC)c1.I. The maximum atomic E-state index is 12.3. The summed E-state index contributed by atoms with van der Waals surface area (Å²) in [5.74, 6) is 2.46. The number of methoxy groups -OCH3 is 1. The Hall–Kier alpha value is -1.81. The molecule has 2 aromatic carbocycles. The Labute approximate surface area is 186 Å². The van der Waals surface area contributed by atoms with Gasteiger partial charge in [0, 0.05) is 28.9 Å². The lowest BCUT2D eigenvalue weighted by Gasteiger charge is -2.14.